The SMILES string of the molecule is Cc1ccccc1-c1cccc(-c2ccc3c([n+]2C)Cc2cc(-c4ccccc4)ccc2-3)[n+]1C. The van der Waals surface area contributed by atoms with Crippen molar-refractivity contribution in [2.45, 2.75) is 13.3 Å². The van der Waals surface area contributed by atoms with Gasteiger partial charge in [-0.1, -0.05) is 60.7 Å². The molecule has 0 aliphatic heterocycles. The van der Waals surface area contributed by atoms with Crippen LogP contribution in [0.5, 0.6) is 0 Å². The minimum atomic E-state index is 0.955. The molecule has 2 heterocycles. The molecule has 0 saturated heterocycles. The van der Waals surface area contributed by atoms with E-state index in [1.807, 2.05) is 0 Å². The normalized spacial score (nSPS) is 11.9. The number of rotatable bonds is 3. The van der Waals surface area contributed by atoms with Crippen molar-refractivity contribution in [1.82, 2.24) is 0 Å². The van der Waals surface area contributed by atoms with E-state index in [1.54, 1.807) is 0 Å². The number of aryl methyl sites for hydroxylation is 1. The summed E-state index contributed by atoms with van der Waals surface area (Å²) in [6, 6.07) is 37.3. The van der Waals surface area contributed by atoms with Crippen molar-refractivity contribution in [1.29, 1.82) is 0 Å². The number of hydrogen-bond donors (Lipinski definition) is 0. The van der Waals surface area contributed by atoms with E-state index in [9.17, 15) is 0 Å². The van der Waals surface area contributed by atoms with Crippen molar-refractivity contribution in [3.63, 3.8) is 0 Å². The van der Waals surface area contributed by atoms with Gasteiger partial charge in [-0.3, -0.25) is 0 Å². The van der Waals surface area contributed by atoms with Gasteiger partial charge in [0.2, 0.25) is 5.69 Å². The van der Waals surface area contributed by atoms with E-state index in [-0.39, 0.29) is 0 Å². The number of nitrogens with zero attached hydrogens (tertiary/aromatic N) is 2. The number of benzene rings is 3. The Morgan fingerprint density at radius 2 is 1.24 bits per heavy atom. The Hall–Kier alpha value is -4.04. The smallest absolute Gasteiger partial charge is 0.192 e. The fourth-order valence-corrected chi connectivity index (χ4v) is 5.38. The molecule has 6 rings (SSSR count). The molecule has 3 aromatic carbocycles. The summed E-state index contributed by atoms with van der Waals surface area (Å²) >= 11 is 0. The van der Waals surface area contributed by atoms with Gasteiger partial charge in [-0.25, -0.2) is 0 Å². The van der Waals surface area contributed by atoms with Gasteiger partial charge in [0.05, 0.1) is 6.42 Å². The first-order valence-corrected chi connectivity index (χ1v) is 11.9. The Kier molecular flexibility index (Phi) is 4.88. The van der Waals surface area contributed by atoms with Crippen LogP contribution in [0, 0.1) is 6.92 Å². The van der Waals surface area contributed by atoms with Crippen LogP contribution < -0.4 is 9.13 Å². The van der Waals surface area contributed by atoms with Crippen molar-refractivity contribution >= 4 is 0 Å². The third-order valence-corrected chi connectivity index (χ3v) is 7.26. The van der Waals surface area contributed by atoms with Crippen LogP contribution in [-0.4, -0.2) is 0 Å². The molecule has 0 bridgehead atoms. The summed E-state index contributed by atoms with van der Waals surface area (Å²) in [5.41, 5.74) is 14.3. The largest absolute Gasteiger partial charge is 0.277 e. The summed E-state index contributed by atoms with van der Waals surface area (Å²) in [4.78, 5) is 0. The maximum atomic E-state index is 2.38. The van der Waals surface area contributed by atoms with Crippen LogP contribution in [0.1, 0.15) is 16.8 Å². The minimum absolute atomic E-state index is 0.955. The first-order chi connectivity index (χ1) is 16.6. The zero-order chi connectivity index (χ0) is 23.2. The Morgan fingerprint density at radius 3 is 2.06 bits per heavy atom. The van der Waals surface area contributed by atoms with Gasteiger partial charge in [0.25, 0.3) is 11.4 Å². The van der Waals surface area contributed by atoms with Crippen LogP contribution in [0.25, 0.3) is 44.9 Å². The van der Waals surface area contributed by atoms with Crippen LogP contribution in [-0.2, 0) is 20.5 Å². The first-order valence-electron chi connectivity index (χ1n) is 11.9. The van der Waals surface area contributed by atoms with E-state index < -0.39 is 0 Å². The predicted octanol–water partition coefficient (Wildman–Crippen LogP) is 6.22. The highest BCUT2D eigenvalue weighted by Gasteiger charge is 2.31. The van der Waals surface area contributed by atoms with Crippen LogP contribution in [0.15, 0.2) is 103 Å². The minimum Gasteiger partial charge on any atom is -0.192 e. The molecule has 2 nitrogen and oxygen atoms in total. The lowest BCUT2D eigenvalue weighted by atomic mass is 9.99. The maximum Gasteiger partial charge on any atom is 0.277 e. The second kappa shape index (κ2) is 8.07. The van der Waals surface area contributed by atoms with Crippen molar-refractivity contribution < 1.29 is 9.13 Å². The van der Waals surface area contributed by atoms with Crippen LogP contribution in [0.3, 0.4) is 0 Å². The van der Waals surface area contributed by atoms with E-state index in [1.165, 1.54) is 61.7 Å². The van der Waals surface area contributed by atoms with Crippen LogP contribution in [0.2, 0.25) is 0 Å². The molecule has 5 aromatic rings. The van der Waals surface area contributed by atoms with Gasteiger partial charge in [0.15, 0.2) is 5.69 Å². The standard InChI is InChI=1S/C32H28N2/c1-22-10-7-8-13-26(22)29-14-9-15-30(33(29)2)31-19-18-28-27-17-16-24(23-11-5-4-6-12-23)20-25(27)21-32(28)34(31)3/h4-20H,21H2,1-3H3/q+2. The second-order valence-corrected chi connectivity index (χ2v) is 9.22. The third kappa shape index (κ3) is 3.26. The van der Waals surface area contributed by atoms with Gasteiger partial charge in [0.1, 0.15) is 14.1 Å². The lowest BCUT2D eigenvalue weighted by molar-refractivity contribution is -0.689. The Bertz CT molecular complexity index is 1550. The summed E-state index contributed by atoms with van der Waals surface area (Å²) in [5.74, 6) is 0. The van der Waals surface area contributed by atoms with Gasteiger partial charge >= 0.3 is 0 Å². The number of pyridine rings is 2. The van der Waals surface area contributed by atoms with Gasteiger partial charge in [-0.05, 0) is 59.0 Å². The summed E-state index contributed by atoms with van der Waals surface area (Å²) in [6.07, 6.45) is 0.955. The molecule has 0 fully saturated rings. The van der Waals surface area contributed by atoms with Gasteiger partial charge in [-0.15, -0.1) is 0 Å². The molecule has 164 valence electrons. The Balaban J connectivity index is 1.43. The van der Waals surface area contributed by atoms with Crippen molar-refractivity contribution in [3.8, 4) is 44.9 Å². The predicted molar refractivity (Wildman–Crippen MR) is 138 cm³/mol. The quantitative estimate of drug-likeness (QED) is 0.289. The van der Waals surface area contributed by atoms with E-state index >= 15 is 0 Å². The number of fused-ring (bicyclic) bond motifs is 3. The zero-order valence-corrected chi connectivity index (χ0v) is 19.9. The number of aromatic nitrogens is 2. The van der Waals surface area contributed by atoms with Gasteiger partial charge in [-0.2, -0.15) is 9.13 Å². The fourth-order valence-electron chi connectivity index (χ4n) is 5.38. The molecule has 0 amide bonds. The second-order valence-electron chi connectivity index (χ2n) is 9.22. The first kappa shape index (κ1) is 20.6. The molecule has 0 radical (unpaired) electrons. The highest BCUT2D eigenvalue weighted by atomic mass is 15.0. The molecular weight excluding hydrogens is 412 g/mol. The van der Waals surface area contributed by atoms with Crippen molar-refractivity contribution in [2.75, 3.05) is 0 Å². The molecule has 2 aromatic heterocycles. The van der Waals surface area contributed by atoms with E-state index in [2.05, 4.69) is 133 Å². The summed E-state index contributed by atoms with van der Waals surface area (Å²) < 4.78 is 4.70. The van der Waals surface area contributed by atoms with Crippen molar-refractivity contribution in [2.24, 2.45) is 14.1 Å². The molecule has 34 heavy (non-hydrogen) atoms. The van der Waals surface area contributed by atoms with E-state index in [4.69, 9.17) is 0 Å². The summed E-state index contributed by atoms with van der Waals surface area (Å²) in [6.45, 7) is 2.18. The molecule has 0 atom stereocenters. The molecule has 1 aliphatic carbocycles. The topological polar surface area (TPSA) is 7.76 Å². The molecular formula is C32H28N2+2. The van der Waals surface area contributed by atoms with E-state index in [0.717, 1.165) is 6.42 Å². The zero-order valence-electron chi connectivity index (χ0n) is 19.9. The highest BCUT2D eigenvalue weighted by Crippen LogP contribution is 2.38. The van der Waals surface area contributed by atoms with Crippen LogP contribution in [0.4, 0.5) is 0 Å². The van der Waals surface area contributed by atoms with Gasteiger partial charge < -0.3 is 0 Å². The third-order valence-electron chi connectivity index (χ3n) is 7.26. The lowest BCUT2D eigenvalue weighted by Crippen LogP contribution is -2.42. The monoisotopic (exact) mass is 440 g/mol. The molecule has 0 N–H and O–H groups in total. The van der Waals surface area contributed by atoms with Crippen LogP contribution >= 0.6 is 0 Å². The number of hydrogen-bond acceptors (Lipinski definition) is 0. The van der Waals surface area contributed by atoms with Gasteiger partial charge in [0, 0.05) is 29.3 Å². The van der Waals surface area contributed by atoms with E-state index in [0.29, 0.717) is 0 Å². The Morgan fingerprint density at radius 1 is 0.529 bits per heavy atom. The average molecular weight is 441 g/mol. The summed E-state index contributed by atoms with van der Waals surface area (Å²) in [7, 11) is 4.38. The molecule has 1 aliphatic rings. The van der Waals surface area contributed by atoms with Crippen molar-refractivity contribution in [3.05, 3.63) is 120 Å². The molecule has 0 unspecified atom stereocenters. The molecule has 2 heteroatoms. The fraction of sp³-hybridized carbons (Fsp3) is 0.125. The molecule has 0 spiro atoms. The molecule has 0 saturated carbocycles. The highest BCUT2D eigenvalue weighted by molar-refractivity contribution is 5.79. The Labute approximate surface area is 201 Å². The maximum absolute atomic E-state index is 2.38. The average Bonchev–Trinajstić information content (AvgIpc) is 3.25. The lowest BCUT2D eigenvalue weighted by Gasteiger charge is -2.08. The summed E-state index contributed by atoms with van der Waals surface area (Å²) in [5, 5.41) is 0.